The van der Waals surface area contributed by atoms with Crippen molar-refractivity contribution in [1.82, 2.24) is 35.9 Å². The molecular weight excluding hydrogens is 702 g/mol. The maximum absolute atomic E-state index is 14.4. The van der Waals surface area contributed by atoms with Gasteiger partial charge in [0.25, 0.3) is 5.91 Å². The minimum Gasteiger partial charge on any atom is -0.453 e. The maximum Gasteiger partial charge on any atom is 0.407 e. The molecule has 6 atom stereocenters. The van der Waals surface area contributed by atoms with Gasteiger partial charge in [0, 0.05) is 37.8 Å². The van der Waals surface area contributed by atoms with Crippen LogP contribution in [0.5, 0.6) is 0 Å². The van der Waals surface area contributed by atoms with Crippen LogP contribution in [0.1, 0.15) is 91.1 Å². The number of alkyl carbamates (subject to hydrolysis) is 1. The van der Waals surface area contributed by atoms with Gasteiger partial charge >= 0.3 is 12.1 Å². The predicted molar refractivity (Wildman–Crippen MR) is 212 cm³/mol. The summed E-state index contributed by atoms with van der Waals surface area (Å²) in [6, 6.07) is 12.3. The smallest absolute Gasteiger partial charge is 0.407 e. The molecule has 1 aromatic carbocycles. The second-order valence-corrected chi connectivity index (χ2v) is 16.3. The van der Waals surface area contributed by atoms with E-state index in [9.17, 15) is 29.4 Å². The summed E-state index contributed by atoms with van der Waals surface area (Å²) in [6.45, 7) is 16.8. The van der Waals surface area contributed by atoms with Crippen molar-refractivity contribution in [1.29, 1.82) is 0 Å². The van der Waals surface area contributed by atoms with Crippen LogP contribution in [-0.4, -0.2) is 118 Å². The molecule has 2 heterocycles. The van der Waals surface area contributed by atoms with Crippen LogP contribution in [0, 0.1) is 17.3 Å². The fraction of sp³-hybridized carbons (Fsp3) is 0.634. The van der Waals surface area contributed by atoms with Crippen LogP contribution in [0.4, 0.5) is 9.59 Å². The molecule has 0 bridgehead atoms. The van der Waals surface area contributed by atoms with Crippen molar-refractivity contribution in [3.63, 3.8) is 0 Å². The molecule has 14 heteroatoms. The number of rotatable bonds is 20. The third-order valence-electron chi connectivity index (χ3n) is 10.2. The fourth-order valence-corrected chi connectivity index (χ4v) is 6.54. The second-order valence-electron chi connectivity index (χ2n) is 16.3. The van der Waals surface area contributed by atoms with Gasteiger partial charge in [0.05, 0.1) is 38.1 Å². The van der Waals surface area contributed by atoms with Crippen molar-refractivity contribution in [2.24, 2.45) is 17.3 Å². The number of carbonyl (C=O) groups excluding carboxylic acids is 4. The highest BCUT2D eigenvalue weighted by atomic mass is 16.5. The number of aliphatic hydroxyl groups is 2. The molecule has 1 aromatic heterocycles. The largest absolute Gasteiger partial charge is 0.453 e. The zero-order chi connectivity index (χ0) is 40.9. The van der Waals surface area contributed by atoms with Crippen LogP contribution in [-0.2, 0) is 27.3 Å². The van der Waals surface area contributed by atoms with Gasteiger partial charge in [0.2, 0.25) is 5.91 Å². The van der Waals surface area contributed by atoms with Crippen molar-refractivity contribution in [2.45, 2.75) is 111 Å². The Morgan fingerprint density at radius 1 is 0.982 bits per heavy atom. The standard InChI is InChI=1S/C41H65N7O7/c1-10-28(4)35(48-22-21-46(40(48)54)24-31-17-14-18-32(42-31)29(5)26-49)37(51)43-33(23-30-15-12-11-13-16-30)34(50)25-47(20-19-27(2)3)45-38(52)36(41(6,7)8)44-39(53)55-9/h11-18,27-29,33-36,49-50H,10,19-26H2,1-9H3,(H,43,51)(H,44,53)(H,45,52). The first-order valence-corrected chi connectivity index (χ1v) is 19.5. The average Bonchev–Trinajstić information content (AvgIpc) is 3.49. The minimum atomic E-state index is -1.14. The number of aliphatic hydroxyl groups excluding tert-OH is 2. The zero-order valence-electron chi connectivity index (χ0n) is 34.2. The monoisotopic (exact) mass is 767 g/mol. The minimum absolute atomic E-state index is 0.0172. The highest BCUT2D eigenvalue weighted by Gasteiger charge is 2.41. The number of amides is 5. The molecule has 0 spiro atoms. The summed E-state index contributed by atoms with van der Waals surface area (Å²) >= 11 is 0. The van der Waals surface area contributed by atoms with Crippen LogP contribution in [0.15, 0.2) is 48.5 Å². The normalized spacial score (nSPS) is 16.7. The number of pyridine rings is 1. The van der Waals surface area contributed by atoms with Gasteiger partial charge in [0.1, 0.15) is 12.1 Å². The van der Waals surface area contributed by atoms with E-state index in [1.165, 1.54) is 7.11 Å². The average molecular weight is 768 g/mol. The molecule has 0 saturated carbocycles. The molecule has 0 aliphatic carbocycles. The quantitative estimate of drug-likeness (QED) is 0.124. The fourth-order valence-electron chi connectivity index (χ4n) is 6.54. The van der Waals surface area contributed by atoms with Crippen molar-refractivity contribution < 1.29 is 34.1 Å². The Labute approximate surface area is 327 Å². The van der Waals surface area contributed by atoms with E-state index in [0.717, 1.165) is 11.3 Å². The first kappa shape index (κ1) is 45.1. The van der Waals surface area contributed by atoms with Gasteiger partial charge in [0.15, 0.2) is 0 Å². The Morgan fingerprint density at radius 3 is 2.27 bits per heavy atom. The van der Waals surface area contributed by atoms with Crippen molar-refractivity contribution in [2.75, 3.05) is 39.9 Å². The summed E-state index contributed by atoms with van der Waals surface area (Å²) < 4.78 is 4.77. The van der Waals surface area contributed by atoms with Crippen LogP contribution in [0.2, 0.25) is 0 Å². The number of hydrogen-bond acceptors (Lipinski definition) is 9. The molecule has 306 valence electrons. The van der Waals surface area contributed by atoms with Crippen molar-refractivity contribution >= 4 is 23.9 Å². The summed E-state index contributed by atoms with van der Waals surface area (Å²) in [6.07, 6.45) is -0.225. The lowest BCUT2D eigenvalue weighted by Crippen LogP contribution is -2.60. The maximum atomic E-state index is 14.4. The lowest BCUT2D eigenvalue weighted by Gasteiger charge is -2.36. The summed E-state index contributed by atoms with van der Waals surface area (Å²) in [5, 5.41) is 28.9. The molecule has 1 saturated heterocycles. The van der Waals surface area contributed by atoms with Gasteiger partial charge in [-0.2, -0.15) is 0 Å². The van der Waals surface area contributed by atoms with Gasteiger partial charge < -0.3 is 35.4 Å². The number of aromatic nitrogens is 1. The Morgan fingerprint density at radius 2 is 1.67 bits per heavy atom. The number of hydrogen-bond donors (Lipinski definition) is 5. The lowest BCUT2D eigenvalue weighted by atomic mass is 9.86. The number of benzene rings is 1. The van der Waals surface area contributed by atoms with Gasteiger partial charge in [-0.3, -0.25) is 20.0 Å². The van der Waals surface area contributed by atoms with E-state index in [0.29, 0.717) is 50.5 Å². The third-order valence-corrected chi connectivity index (χ3v) is 10.2. The van der Waals surface area contributed by atoms with E-state index in [1.807, 2.05) is 90.1 Å². The van der Waals surface area contributed by atoms with Crippen molar-refractivity contribution in [3.8, 4) is 0 Å². The van der Waals surface area contributed by atoms with Crippen molar-refractivity contribution in [3.05, 3.63) is 65.5 Å². The molecule has 1 aliphatic heterocycles. The zero-order valence-corrected chi connectivity index (χ0v) is 34.2. The summed E-state index contributed by atoms with van der Waals surface area (Å²) in [4.78, 5) is 62.1. The van der Waals surface area contributed by atoms with E-state index in [-0.39, 0.29) is 43.5 Å². The summed E-state index contributed by atoms with van der Waals surface area (Å²) in [5.74, 6) is -0.860. The van der Waals surface area contributed by atoms with Crippen LogP contribution >= 0.6 is 0 Å². The molecule has 0 radical (unpaired) electrons. The third kappa shape index (κ3) is 13.5. The highest BCUT2D eigenvalue weighted by molar-refractivity contribution is 5.88. The molecule has 1 aliphatic rings. The topological polar surface area (TPSA) is 177 Å². The number of nitrogens with one attached hydrogen (secondary N) is 3. The Kier molecular flexibility index (Phi) is 17.3. The predicted octanol–water partition coefficient (Wildman–Crippen LogP) is 4.07. The molecule has 3 rings (SSSR count). The Bertz CT molecular complexity index is 1540. The van der Waals surface area contributed by atoms with Crippen LogP contribution in [0.25, 0.3) is 0 Å². The van der Waals surface area contributed by atoms with Gasteiger partial charge in [-0.05, 0) is 47.8 Å². The molecule has 5 N–H and O–H groups in total. The molecule has 2 aromatic rings. The number of methoxy groups -OCH3 is 1. The number of nitrogens with zero attached hydrogens (tertiary/aromatic N) is 4. The molecule has 14 nitrogen and oxygen atoms in total. The first-order valence-electron chi connectivity index (χ1n) is 19.5. The molecule has 55 heavy (non-hydrogen) atoms. The van der Waals surface area contributed by atoms with Crippen LogP contribution in [0.3, 0.4) is 0 Å². The van der Waals surface area contributed by atoms with Gasteiger partial charge in [-0.15, -0.1) is 0 Å². The molecule has 6 unspecified atom stereocenters. The number of hydrazine groups is 1. The van der Waals surface area contributed by atoms with E-state index in [2.05, 4.69) is 34.9 Å². The summed E-state index contributed by atoms with van der Waals surface area (Å²) in [5.41, 5.74) is 4.62. The van der Waals surface area contributed by atoms with Crippen LogP contribution < -0.4 is 16.1 Å². The van der Waals surface area contributed by atoms with E-state index < -0.39 is 41.6 Å². The van der Waals surface area contributed by atoms with Gasteiger partial charge in [-0.1, -0.05) is 98.2 Å². The Balaban J connectivity index is 1.86. The lowest BCUT2D eigenvalue weighted by molar-refractivity contribution is -0.132. The SMILES string of the molecule is CCC(C)C(C(=O)NC(Cc1ccccc1)C(O)CN(CCC(C)C)NC(=O)C(NC(=O)OC)C(C)(C)C)N1CCN(Cc2cccc(C(C)CO)n2)C1=O. The second kappa shape index (κ2) is 21.1. The number of ether oxygens (including phenoxy) is 1. The number of carbonyl (C=O) groups is 4. The summed E-state index contributed by atoms with van der Waals surface area (Å²) in [7, 11) is 1.24. The Hall–Kier alpha value is -4.27. The molecular formula is C41H65N7O7. The molecule has 1 fully saturated rings. The first-order chi connectivity index (χ1) is 26.0. The highest BCUT2D eigenvalue weighted by Crippen LogP contribution is 2.24. The molecule has 5 amide bonds. The van der Waals surface area contributed by atoms with E-state index in [4.69, 9.17) is 4.74 Å². The number of urea groups is 1. The van der Waals surface area contributed by atoms with E-state index in [1.54, 1.807) is 14.8 Å². The van der Waals surface area contributed by atoms with E-state index >= 15 is 0 Å². The van der Waals surface area contributed by atoms with Gasteiger partial charge in [-0.25, -0.2) is 14.6 Å².